The highest BCUT2D eigenvalue weighted by Crippen LogP contribution is 2.27. The second kappa shape index (κ2) is 3.89. The molecule has 1 aliphatic carbocycles. The maximum Gasteiger partial charge on any atom is 0.0803 e. The molecule has 0 amide bonds. The Morgan fingerprint density at radius 1 is 1.33 bits per heavy atom. The van der Waals surface area contributed by atoms with Crippen LogP contribution in [0.5, 0.6) is 0 Å². The van der Waals surface area contributed by atoms with Crippen molar-refractivity contribution >= 4 is 15.9 Å². The Kier molecular flexibility index (Phi) is 2.73. The van der Waals surface area contributed by atoms with Crippen molar-refractivity contribution in [2.45, 2.75) is 11.6 Å². The van der Waals surface area contributed by atoms with E-state index in [1.807, 2.05) is 30.4 Å². The smallest absolute Gasteiger partial charge is 0.0803 e. The molecule has 78 valence electrons. The van der Waals surface area contributed by atoms with Crippen LogP contribution in [0.3, 0.4) is 0 Å². The van der Waals surface area contributed by atoms with Gasteiger partial charge in [0.05, 0.1) is 5.54 Å². The van der Waals surface area contributed by atoms with Crippen LogP contribution < -0.4 is 11.5 Å². The fourth-order valence-electron chi connectivity index (χ4n) is 1.61. The molecule has 15 heavy (non-hydrogen) atoms. The Balaban J connectivity index is 2.45. The summed E-state index contributed by atoms with van der Waals surface area (Å²) in [6, 6.07) is 1.72. The molecule has 0 bridgehead atoms. The number of aromatic nitrogens is 1. The van der Waals surface area contributed by atoms with Crippen molar-refractivity contribution in [2.24, 2.45) is 11.5 Å². The monoisotopic (exact) mass is 265 g/mol. The van der Waals surface area contributed by atoms with Crippen LogP contribution in [0, 0.1) is 0 Å². The highest BCUT2D eigenvalue weighted by atomic mass is 79.9. The van der Waals surface area contributed by atoms with Crippen LogP contribution in [-0.4, -0.2) is 11.0 Å². The maximum atomic E-state index is 6.27. The SMILES string of the molecule is NC1C=CC=CC1(N)c1cncc(Br)c1. The molecular weight excluding hydrogens is 254 g/mol. The van der Waals surface area contributed by atoms with Gasteiger partial charge in [0, 0.05) is 22.9 Å². The molecule has 2 unspecified atom stereocenters. The van der Waals surface area contributed by atoms with E-state index < -0.39 is 5.54 Å². The Morgan fingerprint density at radius 3 is 2.80 bits per heavy atom. The minimum atomic E-state index is -0.661. The Bertz CT molecular complexity index is 428. The predicted octanol–water partition coefficient (Wildman–Crippen LogP) is 1.45. The van der Waals surface area contributed by atoms with Gasteiger partial charge in [-0.05, 0) is 27.6 Å². The first kappa shape index (κ1) is 10.5. The lowest BCUT2D eigenvalue weighted by Crippen LogP contribution is -2.51. The molecule has 0 fully saturated rings. The summed E-state index contributed by atoms with van der Waals surface area (Å²) in [5.41, 5.74) is 12.5. The van der Waals surface area contributed by atoms with Gasteiger partial charge in [-0.15, -0.1) is 0 Å². The van der Waals surface area contributed by atoms with Gasteiger partial charge in [-0.3, -0.25) is 4.98 Å². The molecule has 3 nitrogen and oxygen atoms in total. The molecule has 0 radical (unpaired) electrons. The number of rotatable bonds is 1. The summed E-state index contributed by atoms with van der Waals surface area (Å²) in [7, 11) is 0. The number of halogens is 1. The summed E-state index contributed by atoms with van der Waals surface area (Å²) >= 11 is 3.37. The standard InChI is InChI=1S/C11H12BrN3/c12-9-5-8(6-15-7-9)11(14)4-2-1-3-10(11)13/h1-7,10H,13-14H2. The molecule has 0 aliphatic heterocycles. The topological polar surface area (TPSA) is 64.9 Å². The maximum absolute atomic E-state index is 6.27. The van der Waals surface area contributed by atoms with Crippen molar-refractivity contribution in [3.05, 3.63) is 52.8 Å². The minimum absolute atomic E-state index is 0.224. The third-order valence-electron chi connectivity index (χ3n) is 2.56. The number of pyridine rings is 1. The Hall–Kier alpha value is -0.970. The van der Waals surface area contributed by atoms with Crippen LogP contribution in [-0.2, 0) is 5.54 Å². The average molecular weight is 266 g/mol. The van der Waals surface area contributed by atoms with Crippen LogP contribution >= 0.6 is 15.9 Å². The first-order valence-corrected chi connectivity index (χ1v) is 5.44. The average Bonchev–Trinajstić information content (AvgIpc) is 2.23. The summed E-state index contributed by atoms with van der Waals surface area (Å²) in [4.78, 5) is 4.10. The Labute approximate surface area is 97.0 Å². The van der Waals surface area contributed by atoms with E-state index in [1.54, 1.807) is 12.4 Å². The minimum Gasteiger partial charge on any atom is -0.322 e. The molecule has 0 aromatic carbocycles. The zero-order valence-electron chi connectivity index (χ0n) is 8.10. The molecule has 1 aromatic heterocycles. The normalized spacial score (nSPS) is 29.4. The zero-order valence-corrected chi connectivity index (χ0v) is 9.68. The lowest BCUT2D eigenvalue weighted by Gasteiger charge is -2.32. The molecule has 1 aliphatic rings. The quantitative estimate of drug-likeness (QED) is 0.808. The van der Waals surface area contributed by atoms with Gasteiger partial charge in [0.15, 0.2) is 0 Å². The number of hydrogen-bond acceptors (Lipinski definition) is 3. The second-order valence-corrected chi connectivity index (χ2v) is 4.51. The highest BCUT2D eigenvalue weighted by molar-refractivity contribution is 9.10. The van der Waals surface area contributed by atoms with Gasteiger partial charge in [-0.25, -0.2) is 0 Å². The molecule has 2 rings (SSSR count). The van der Waals surface area contributed by atoms with E-state index in [1.165, 1.54) is 0 Å². The fraction of sp³-hybridized carbons (Fsp3) is 0.182. The van der Waals surface area contributed by atoms with E-state index in [0.29, 0.717) is 0 Å². The van der Waals surface area contributed by atoms with Crippen molar-refractivity contribution in [3.8, 4) is 0 Å². The van der Waals surface area contributed by atoms with Gasteiger partial charge in [-0.2, -0.15) is 0 Å². The molecule has 4 N–H and O–H groups in total. The highest BCUT2D eigenvalue weighted by Gasteiger charge is 2.31. The van der Waals surface area contributed by atoms with Crippen molar-refractivity contribution in [1.82, 2.24) is 4.98 Å². The summed E-state index contributed by atoms with van der Waals surface area (Å²) in [5.74, 6) is 0. The first-order chi connectivity index (χ1) is 7.13. The van der Waals surface area contributed by atoms with Crippen LogP contribution in [0.1, 0.15) is 5.56 Å². The van der Waals surface area contributed by atoms with Gasteiger partial charge in [0.2, 0.25) is 0 Å². The van der Waals surface area contributed by atoms with E-state index in [9.17, 15) is 0 Å². The fourth-order valence-corrected chi connectivity index (χ4v) is 1.97. The molecule has 1 heterocycles. The third kappa shape index (κ3) is 1.88. The van der Waals surface area contributed by atoms with Gasteiger partial charge >= 0.3 is 0 Å². The molecule has 0 spiro atoms. The zero-order chi connectivity index (χ0) is 10.9. The summed E-state index contributed by atoms with van der Waals surface area (Å²) in [6.45, 7) is 0. The number of allylic oxidation sites excluding steroid dienone is 2. The number of hydrogen-bond donors (Lipinski definition) is 2. The van der Waals surface area contributed by atoms with Gasteiger partial charge < -0.3 is 11.5 Å². The first-order valence-electron chi connectivity index (χ1n) is 4.64. The van der Waals surface area contributed by atoms with Crippen LogP contribution in [0.15, 0.2) is 47.2 Å². The molecule has 0 saturated carbocycles. The van der Waals surface area contributed by atoms with Gasteiger partial charge in [-0.1, -0.05) is 24.3 Å². The Morgan fingerprint density at radius 2 is 2.13 bits per heavy atom. The molecule has 4 heteroatoms. The van der Waals surface area contributed by atoms with Crippen molar-refractivity contribution in [2.75, 3.05) is 0 Å². The van der Waals surface area contributed by atoms with E-state index in [2.05, 4.69) is 20.9 Å². The molecule has 0 saturated heterocycles. The van der Waals surface area contributed by atoms with E-state index in [-0.39, 0.29) is 6.04 Å². The van der Waals surface area contributed by atoms with Gasteiger partial charge in [0.1, 0.15) is 0 Å². The third-order valence-corrected chi connectivity index (χ3v) is 2.99. The lowest BCUT2D eigenvalue weighted by molar-refractivity contribution is 0.490. The lowest BCUT2D eigenvalue weighted by atomic mass is 9.82. The van der Waals surface area contributed by atoms with E-state index >= 15 is 0 Å². The number of nitrogens with zero attached hydrogens (tertiary/aromatic N) is 1. The van der Waals surface area contributed by atoms with E-state index in [0.717, 1.165) is 10.0 Å². The van der Waals surface area contributed by atoms with Crippen molar-refractivity contribution in [1.29, 1.82) is 0 Å². The predicted molar refractivity (Wildman–Crippen MR) is 64.1 cm³/mol. The molecule has 2 atom stereocenters. The second-order valence-electron chi connectivity index (χ2n) is 3.59. The van der Waals surface area contributed by atoms with Crippen molar-refractivity contribution < 1.29 is 0 Å². The molecule has 1 aromatic rings. The van der Waals surface area contributed by atoms with E-state index in [4.69, 9.17) is 11.5 Å². The van der Waals surface area contributed by atoms with Crippen LogP contribution in [0.25, 0.3) is 0 Å². The molecular formula is C11H12BrN3. The summed E-state index contributed by atoms with van der Waals surface area (Å²) in [5, 5.41) is 0. The van der Waals surface area contributed by atoms with Crippen LogP contribution in [0.4, 0.5) is 0 Å². The summed E-state index contributed by atoms with van der Waals surface area (Å²) < 4.78 is 0.903. The number of nitrogens with two attached hydrogens (primary N) is 2. The van der Waals surface area contributed by atoms with Gasteiger partial charge in [0.25, 0.3) is 0 Å². The largest absolute Gasteiger partial charge is 0.322 e. The summed E-state index contributed by atoms with van der Waals surface area (Å²) in [6.07, 6.45) is 11.1. The van der Waals surface area contributed by atoms with Crippen molar-refractivity contribution in [3.63, 3.8) is 0 Å². The van der Waals surface area contributed by atoms with Crippen LogP contribution in [0.2, 0.25) is 0 Å².